The summed E-state index contributed by atoms with van der Waals surface area (Å²) in [5, 5.41) is 0. The van der Waals surface area contributed by atoms with Crippen molar-refractivity contribution in [2.75, 3.05) is 6.26 Å². The third-order valence-electron chi connectivity index (χ3n) is 2.18. The van der Waals surface area contributed by atoms with E-state index in [0.717, 1.165) is 12.0 Å². The van der Waals surface area contributed by atoms with Crippen LogP contribution >= 0.6 is 12.6 Å². The molecule has 1 nitrogen and oxygen atoms in total. The Hall–Kier alpha value is -1.14. The van der Waals surface area contributed by atoms with E-state index in [1.165, 1.54) is 6.08 Å². The molecule has 0 aromatic rings. The van der Waals surface area contributed by atoms with E-state index in [2.05, 4.69) is 56.9 Å². The van der Waals surface area contributed by atoms with E-state index in [1.54, 1.807) is 30.6 Å². The molecule has 0 heterocycles. The number of rotatable bonds is 6. The second-order valence-electron chi connectivity index (χ2n) is 4.23. The van der Waals surface area contributed by atoms with Gasteiger partial charge in [-0.3, -0.25) is 4.79 Å². The van der Waals surface area contributed by atoms with Crippen molar-refractivity contribution in [2.45, 2.75) is 123 Å². The Balaban J connectivity index is -0.0000000320. The molecule has 0 rings (SSSR count). The van der Waals surface area contributed by atoms with Gasteiger partial charge in [0.1, 0.15) is 0 Å². The van der Waals surface area contributed by atoms with Crippen LogP contribution in [-0.4, -0.2) is 31.7 Å². The molecule has 0 saturated carbocycles. The van der Waals surface area contributed by atoms with Gasteiger partial charge in [0.2, 0.25) is 0 Å². The Morgan fingerprint density at radius 2 is 1.08 bits per heavy atom. The summed E-state index contributed by atoms with van der Waals surface area (Å²) in [5.74, 6) is 2.14. The second kappa shape index (κ2) is 115. The molecule has 3 heteroatoms. The monoisotopic (exact) mass is 543 g/mol. The summed E-state index contributed by atoms with van der Waals surface area (Å²) in [6, 6.07) is 0. The van der Waals surface area contributed by atoms with Crippen molar-refractivity contribution in [3.8, 4) is 0 Å². The molecule has 0 bridgehead atoms. The summed E-state index contributed by atoms with van der Waals surface area (Å²) in [6.07, 6.45) is 14.9. The number of ketones is 1. The molecular formula is C33H71AlOS. The van der Waals surface area contributed by atoms with Crippen LogP contribution in [0.5, 0.6) is 0 Å². The molecule has 0 unspecified atom stereocenters. The van der Waals surface area contributed by atoms with Gasteiger partial charge in [0.25, 0.3) is 0 Å². The number of allylic oxidation sites excluding steroid dienone is 9. The van der Waals surface area contributed by atoms with Gasteiger partial charge in [0, 0.05) is 5.57 Å². The standard InChI is InChI=1S/C13H16O.C4H8.6C2H6.C2H4.CH4S.CH3.Al/c1-5-7-11(3)9-10-13(14)12(4)8-6-2;1-3-4-2;8*1-2;;/h5-10H,1,4H2,2-3H3;3H,1,4H2,2H3;6*1-2H3;1H,2H3;2H,1H3;1H3;/b8-6?,10-9+,11-7+;;;;;;;;;;;. The van der Waals surface area contributed by atoms with E-state index in [0.29, 0.717) is 20.4 Å². The van der Waals surface area contributed by atoms with E-state index >= 15 is 0 Å². The van der Waals surface area contributed by atoms with Gasteiger partial charge < -0.3 is 0 Å². The number of hydrogen-bond donors (Lipinski definition) is 1. The van der Waals surface area contributed by atoms with Crippen LogP contribution in [0.4, 0.5) is 0 Å². The van der Waals surface area contributed by atoms with Crippen LogP contribution in [0.3, 0.4) is 0 Å². The SMILES string of the molecule is C=C/C=C(C)/C=C/C(=O)C(=C)C=CC.C=CCC.CC.CC.CC.CC.CC.CC.CS.C[CH]=[Al][CH3]. The predicted molar refractivity (Wildman–Crippen MR) is 189 cm³/mol. The predicted octanol–water partition coefficient (Wildman–Crippen LogP) is 12.2. The molecule has 0 fully saturated rings. The fraction of sp³-hybridized carbons (Fsp3) is 0.576. The topological polar surface area (TPSA) is 17.1 Å². The Morgan fingerprint density at radius 1 is 0.778 bits per heavy atom. The zero-order chi connectivity index (χ0) is 31.8. The molecule has 0 aliphatic heterocycles. The van der Waals surface area contributed by atoms with E-state index in [1.807, 2.05) is 109 Å². The molecule has 0 spiro atoms. The molecule has 218 valence electrons. The Bertz CT molecular complexity index is 439. The Morgan fingerprint density at radius 3 is 1.28 bits per heavy atom. The van der Waals surface area contributed by atoms with Crippen molar-refractivity contribution in [3.05, 3.63) is 73.4 Å². The number of carbonyl (C=O) groups is 1. The van der Waals surface area contributed by atoms with E-state index in [-0.39, 0.29) is 5.78 Å². The number of hydrogen-bond acceptors (Lipinski definition) is 2. The quantitative estimate of drug-likeness (QED) is 0.116. The first-order valence-electron chi connectivity index (χ1n) is 13.9. The molecule has 0 aromatic heterocycles. The van der Waals surface area contributed by atoms with Gasteiger partial charge in [-0.1, -0.05) is 145 Å². The van der Waals surface area contributed by atoms with Gasteiger partial charge in [-0.2, -0.15) is 12.6 Å². The number of carbonyl (C=O) groups excluding carboxylic acids is 1. The fourth-order valence-electron chi connectivity index (χ4n) is 0.839. The van der Waals surface area contributed by atoms with Gasteiger partial charge in [0.15, 0.2) is 5.78 Å². The number of thiol groups is 1. The van der Waals surface area contributed by atoms with Gasteiger partial charge in [-0.15, -0.1) is 6.58 Å². The maximum atomic E-state index is 11.4. The second-order valence-corrected chi connectivity index (χ2v) is 5.57. The average molecular weight is 543 g/mol. The van der Waals surface area contributed by atoms with Crippen molar-refractivity contribution in [1.29, 1.82) is 0 Å². The van der Waals surface area contributed by atoms with Crippen LogP contribution in [0.15, 0.2) is 73.4 Å². The first-order chi connectivity index (χ1) is 17.4. The van der Waals surface area contributed by atoms with Crippen molar-refractivity contribution in [2.24, 2.45) is 0 Å². The summed E-state index contributed by atoms with van der Waals surface area (Å²) in [6.45, 7) is 42.6. The van der Waals surface area contributed by atoms with Crippen LogP contribution in [-0.2, 0) is 4.79 Å². The normalized spacial score (nSPS) is 7.47. The molecule has 0 N–H and O–H groups in total. The van der Waals surface area contributed by atoms with Crippen LogP contribution < -0.4 is 0 Å². The van der Waals surface area contributed by atoms with Crippen molar-refractivity contribution in [3.63, 3.8) is 0 Å². The first kappa shape index (κ1) is 64.7. The van der Waals surface area contributed by atoms with E-state index in [9.17, 15) is 4.79 Å². The Kier molecular flexibility index (Phi) is 206. The molecule has 0 aliphatic rings. The molecule has 0 aromatic carbocycles. The molecular weight excluding hydrogens is 471 g/mol. The van der Waals surface area contributed by atoms with E-state index in [4.69, 9.17) is 0 Å². The molecule has 0 aliphatic carbocycles. The molecule has 0 saturated heterocycles. The summed E-state index contributed by atoms with van der Waals surface area (Å²) in [7, 11) is 0. The van der Waals surface area contributed by atoms with Crippen LogP contribution in [0, 0.1) is 0 Å². The maximum absolute atomic E-state index is 11.4. The first-order valence-corrected chi connectivity index (χ1v) is 16.6. The van der Waals surface area contributed by atoms with Crippen LogP contribution in [0.1, 0.15) is 117 Å². The summed E-state index contributed by atoms with van der Waals surface area (Å²) in [4.78, 5) is 13.6. The van der Waals surface area contributed by atoms with E-state index < -0.39 is 0 Å². The molecule has 36 heavy (non-hydrogen) atoms. The molecule has 0 radical (unpaired) electrons. The summed E-state index contributed by atoms with van der Waals surface area (Å²) < 4.78 is 0. The zero-order valence-electron chi connectivity index (χ0n) is 28.4. The zero-order valence-corrected chi connectivity index (χ0v) is 30.4. The minimum absolute atomic E-state index is 0.0695. The van der Waals surface area contributed by atoms with Crippen LogP contribution in [0.2, 0.25) is 5.79 Å². The van der Waals surface area contributed by atoms with Gasteiger partial charge >= 0.3 is 32.4 Å². The van der Waals surface area contributed by atoms with Crippen molar-refractivity contribution >= 4 is 38.1 Å². The van der Waals surface area contributed by atoms with Crippen LogP contribution in [0.25, 0.3) is 0 Å². The van der Waals surface area contributed by atoms with Crippen molar-refractivity contribution in [1.82, 2.24) is 0 Å². The Labute approximate surface area is 244 Å². The molecule has 0 atom stereocenters. The molecule has 0 amide bonds. The van der Waals surface area contributed by atoms with Gasteiger partial charge in [-0.05, 0) is 32.6 Å². The fourth-order valence-corrected chi connectivity index (χ4v) is 0.839. The van der Waals surface area contributed by atoms with Gasteiger partial charge in [0.05, 0.1) is 0 Å². The third kappa shape index (κ3) is 133. The average Bonchev–Trinajstić information content (AvgIpc) is 2.99. The third-order valence-corrected chi connectivity index (χ3v) is 2.85. The van der Waals surface area contributed by atoms with Gasteiger partial charge in [-0.25, -0.2) is 0 Å². The van der Waals surface area contributed by atoms with Crippen molar-refractivity contribution < 1.29 is 4.79 Å². The summed E-state index contributed by atoms with van der Waals surface area (Å²) >= 11 is 4.19. The minimum atomic E-state index is -0.0695. The summed E-state index contributed by atoms with van der Waals surface area (Å²) in [5.41, 5.74) is 1.48.